The topological polar surface area (TPSA) is 59.8 Å². The van der Waals surface area contributed by atoms with Gasteiger partial charge in [-0.05, 0) is 93.3 Å². The molecule has 0 fully saturated rings. The number of likely N-dealkylation sites (N-methyl/N-ethyl adjacent to an activating group) is 1. The van der Waals surface area contributed by atoms with Gasteiger partial charge in [0.05, 0.1) is 5.69 Å². The molecular formula is C30H36Cl3N3O3. The van der Waals surface area contributed by atoms with Crippen molar-refractivity contribution in [2.24, 2.45) is 0 Å². The van der Waals surface area contributed by atoms with E-state index in [1.807, 2.05) is 91.8 Å². The number of benzene rings is 3. The molecule has 39 heavy (non-hydrogen) atoms. The van der Waals surface area contributed by atoms with E-state index in [1.54, 1.807) is 0 Å². The van der Waals surface area contributed by atoms with Crippen LogP contribution < -0.4 is 9.47 Å². The van der Waals surface area contributed by atoms with Crippen LogP contribution in [0.4, 0.5) is 0 Å². The van der Waals surface area contributed by atoms with E-state index in [0.717, 1.165) is 59.3 Å². The van der Waals surface area contributed by atoms with Crippen molar-refractivity contribution in [2.75, 3.05) is 27.2 Å². The van der Waals surface area contributed by atoms with Crippen LogP contribution in [0.2, 0.25) is 5.02 Å². The molecule has 0 aliphatic carbocycles. The van der Waals surface area contributed by atoms with Crippen molar-refractivity contribution in [2.45, 2.75) is 32.3 Å². The van der Waals surface area contributed by atoms with Crippen LogP contribution in [0, 0.1) is 0 Å². The number of halogens is 3. The zero-order chi connectivity index (χ0) is 26.2. The lowest BCUT2D eigenvalue weighted by molar-refractivity contribution is 0.0831. The molecular weight excluding hydrogens is 557 g/mol. The Morgan fingerprint density at radius 1 is 0.897 bits per heavy atom. The number of aliphatic hydroxyl groups excluding tert-OH is 1. The number of aryl methyl sites for hydroxylation is 1. The Morgan fingerprint density at radius 2 is 1.49 bits per heavy atom. The van der Waals surface area contributed by atoms with Gasteiger partial charge < -0.3 is 24.0 Å². The summed E-state index contributed by atoms with van der Waals surface area (Å²) in [5, 5.41) is 10.7. The van der Waals surface area contributed by atoms with Gasteiger partial charge in [-0.2, -0.15) is 0 Å². The number of hydrogen-bond donors (Lipinski definition) is 1. The van der Waals surface area contributed by atoms with Crippen LogP contribution in [0.3, 0.4) is 0 Å². The van der Waals surface area contributed by atoms with Crippen LogP contribution in [0.25, 0.3) is 16.9 Å². The van der Waals surface area contributed by atoms with E-state index in [2.05, 4.69) is 17.7 Å². The summed E-state index contributed by atoms with van der Waals surface area (Å²) in [5.74, 6) is 3.25. The summed E-state index contributed by atoms with van der Waals surface area (Å²) in [7, 11) is 3.85. The van der Waals surface area contributed by atoms with Gasteiger partial charge in [-0.15, -0.1) is 24.8 Å². The van der Waals surface area contributed by atoms with E-state index < -0.39 is 6.10 Å². The van der Waals surface area contributed by atoms with Crippen molar-refractivity contribution in [3.05, 3.63) is 89.8 Å². The smallest absolute Gasteiger partial charge is 0.127 e. The number of aromatic nitrogens is 2. The highest BCUT2D eigenvalue weighted by molar-refractivity contribution is 6.30. The van der Waals surface area contributed by atoms with Crippen molar-refractivity contribution in [1.82, 2.24) is 14.5 Å². The summed E-state index contributed by atoms with van der Waals surface area (Å²) >= 11 is 5.97. The molecule has 1 aromatic heterocycles. The monoisotopic (exact) mass is 591 g/mol. The lowest BCUT2D eigenvalue weighted by Gasteiger charge is -2.16. The lowest BCUT2D eigenvalue weighted by atomic mass is 10.1. The molecule has 4 aromatic rings. The molecule has 1 unspecified atom stereocenters. The molecule has 0 aliphatic heterocycles. The molecule has 1 N–H and O–H groups in total. The van der Waals surface area contributed by atoms with Crippen LogP contribution in [0.15, 0.2) is 79.0 Å². The fraction of sp³-hybridized carbons (Fsp3) is 0.300. The molecule has 4 rings (SSSR count). The Morgan fingerprint density at radius 3 is 2.08 bits per heavy atom. The third kappa shape index (κ3) is 9.45. The lowest BCUT2D eigenvalue weighted by Crippen LogP contribution is -2.30. The van der Waals surface area contributed by atoms with E-state index in [0.29, 0.717) is 11.6 Å². The first-order valence-electron chi connectivity index (χ1n) is 12.6. The summed E-state index contributed by atoms with van der Waals surface area (Å²) in [5.41, 5.74) is 2.95. The fourth-order valence-corrected chi connectivity index (χ4v) is 4.12. The van der Waals surface area contributed by atoms with Crippen LogP contribution in [0.5, 0.6) is 17.2 Å². The highest BCUT2D eigenvalue weighted by Gasteiger charge is 2.12. The quantitative estimate of drug-likeness (QED) is 0.185. The second-order valence-electron chi connectivity index (χ2n) is 9.32. The average molecular weight is 593 g/mol. The van der Waals surface area contributed by atoms with E-state index in [4.69, 9.17) is 26.1 Å². The van der Waals surface area contributed by atoms with Crippen LogP contribution >= 0.6 is 36.4 Å². The zero-order valence-electron chi connectivity index (χ0n) is 22.4. The number of ether oxygens (including phenoxy) is 2. The van der Waals surface area contributed by atoms with Gasteiger partial charge in [-0.1, -0.05) is 24.9 Å². The Hall–Kier alpha value is -2.74. The molecule has 1 atom stereocenters. The number of aliphatic hydroxyl groups is 1. The van der Waals surface area contributed by atoms with Gasteiger partial charge in [-0.25, -0.2) is 4.98 Å². The highest BCUT2D eigenvalue weighted by Crippen LogP contribution is 2.27. The fourth-order valence-electron chi connectivity index (χ4n) is 3.99. The van der Waals surface area contributed by atoms with Gasteiger partial charge in [0.2, 0.25) is 0 Å². The molecule has 0 saturated carbocycles. The van der Waals surface area contributed by atoms with Gasteiger partial charge in [0.1, 0.15) is 35.8 Å². The maximum atomic E-state index is 10.0. The van der Waals surface area contributed by atoms with Crippen molar-refractivity contribution in [1.29, 1.82) is 0 Å². The normalized spacial score (nSPS) is 11.4. The molecule has 210 valence electrons. The predicted octanol–water partition coefficient (Wildman–Crippen LogP) is 7.47. The summed E-state index contributed by atoms with van der Waals surface area (Å²) in [4.78, 5) is 6.90. The predicted molar refractivity (Wildman–Crippen MR) is 164 cm³/mol. The standard InChI is InChI=1S/C30H34ClN3O3.2ClH/c1-4-5-6-30-32-29(22-7-13-26(14-8-22)36-21-25(35)19-33(2)3)20-34(30)24-11-17-28(18-12-24)37-27-15-9-23(31)10-16-27;;/h7-18,20,25,35H,4-6,19,21H2,1-3H3;2*1H. The van der Waals surface area contributed by atoms with Crippen LogP contribution in [-0.2, 0) is 6.42 Å². The van der Waals surface area contributed by atoms with E-state index in [-0.39, 0.29) is 31.4 Å². The summed E-state index contributed by atoms with van der Waals surface area (Å²) in [6.07, 6.45) is 4.61. The molecule has 1 heterocycles. The van der Waals surface area contributed by atoms with Gasteiger partial charge in [0, 0.05) is 35.4 Å². The minimum atomic E-state index is -0.533. The number of nitrogens with zero attached hydrogens (tertiary/aromatic N) is 3. The van der Waals surface area contributed by atoms with Crippen molar-refractivity contribution < 1.29 is 14.6 Å². The molecule has 0 spiro atoms. The second kappa shape index (κ2) is 15.8. The summed E-state index contributed by atoms with van der Waals surface area (Å²) < 4.78 is 13.8. The highest BCUT2D eigenvalue weighted by atomic mass is 35.5. The molecule has 3 aromatic carbocycles. The molecule has 0 amide bonds. The zero-order valence-corrected chi connectivity index (χ0v) is 24.8. The minimum absolute atomic E-state index is 0. The maximum Gasteiger partial charge on any atom is 0.127 e. The largest absolute Gasteiger partial charge is 0.491 e. The summed E-state index contributed by atoms with van der Waals surface area (Å²) in [6.45, 7) is 3.00. The van der Waals surface area contributed by atoms with Crippen LogP contribution in [0.1, 0.15) is 25.6 Å². The Kier molecular flexibility index (Phi) is 13.1. The van der Waals surface area contributed by atoms with Gasteiger partial charge in [0.25, 0.3) is 0 Å². The third-order valence-corrected chi connectivity index (χ3v) is 6.12. The van der Waals surface area contributed by atoms with Gasteiger partial charge in [0.15, 0.2) is 0 Å². The molecule has 0 radical (unpaired) electrons. The molecule has 0 aliphatic rings. The molecule has 9 heteroatoms. The van der Waals surface area contributed by atoms with E-state index in [1.165, 1.54) is 0 Å². The molecule has 0 bridgehead atoms. The third-order valence-electron chi connectivity index (χ3n) is 5.87. The van der Waals surface area contributed by atoms with Crippen LogP contribution in [-0.4, -0.2) is 52.9 Å². The molecule has 0 saturated heterocycles. The van der Waals surface area contributed by atoms with Crippen molar-refractivity contribution in [3.8, 4) is 34.2 Å². The van der Waals surface area contributed by atoms with Crippen molar-refractivity contribution >= 4 is 36.4 Å². The number of unbranched alkanes of at least 4 members (excludes halogenated alkanes) is 1. The SMILES string of the molecule is CCCCc1nc(-c2ccc(OCC(O)CN(C)C)cc2)cn1-c1ccc(Oc2ccc(Cl)cc2)cc1.Cl.Cl. The second-order valence-corrected chi connectivity index (χ2v) is 9.75. The Balaban J connectivity index is 0.00000267. The van der Waals surface area contributed by atoms with Gasteiger partial charge >= 0.3 is 0 Å². The van der Waals surface area contributed by atoms with Gasteiger partial charge in [-0.3, -0.25) is 0 Å². The summed E-state index contributed by atoms with van der Waals surface area (Å²) in [6, 6.07) is 23.2. The van der Waals surface area contributed by atoms with E-state index >= 15 is 0 Å². The molecule has 6 nitrogen and oxygen atoms in total. The Bertz CT molecular complexity index is 1260. The first-order chi connectivity index (χ1) is 17.9. The maximum absolute atomic E-state index is 10.0. The van der Waals surface area contributed by atoms with E-state index in [9.17, 15) is 5.11 Å². The first kappa shape index (κ1) is 32.5. The Labute approximate surface area is 248 Å². The first-order valence-corrected chi connectivity index (χ1v) is 13.0. The number of hydrogen-bond acceptors (Lipinski definition) is 5. The number of rotatable bonds is 12. The number of imidazole rings is 1. The average Bonchev–Trinajstić information content (AvgIpc) is 3.32. The minimum Gasteiger partial charge on any atom is -0.491 e. The van der Waals surface area contributed by atoms with Crippen molar-refractivity contribution in [3.63, 3.8) is 0 Å².